The molecule has 33 heavy (non-hydrogen) atoms. The number of carbonyl (C=O) groups excluding carboxylic acids is 4. The van der Waals surface area contributed by atoms with Gasteiger partial charge in [-0.25, -0.2) is 9.78 Å². The minimum Gasteiger partial charge on any atom is -0.480 e. The summed E-state index contributed by atoms with van der Waals surface area (Å²) in [4.78, 5) is 66.6. The van der Waals surface area contributed by atoms with Crippen LogP contribution in [0, 0.1) is 0 Å². The van der Waals surface area contributed by atoms with Crippen LogP contribution in [0.25, 0.3) is 0 Å². The number of carbonyl (C=O) groups is 5. The van der Waals surface area contributed by atoms with Crippen molar-refractivity contribution in [3.8, 4) is 0 Å². The Morgan fingerprint density at radius 3 is 2.15 bits per heavy atom. The van der Waals surface area contributed by atoms with E-state index in [1.807, 2.05) is 0 Å². The number of aliphatic hydroxyl groups excluding tert-OH is 1. The number of nitrogens with zero attached hydrogens (tertiary/aromatic N) is 1. The molecule has 1 rings (SSSR count). The van der Waals surface area contributed by atoms with Crippen LogP contribution in [0.15, 0.2) is 12.5 Å². The third kappa shape index (κ3) is 9.46. The van der Waals surface area contributed by atoms with E-state index in [0.29, 0.717) is 5.69 Å². The molecule has 1 aromatic rings. The van der Waals surface area contributed by atoms with E-state index in [9.17, 15) is 34.2 Å². The van der Waals surface area contributed by atoms with Gasteiger partial charge < -0.3 is 42.6 Å². The molecular weight excluding hydrogens is 458 g/mol. The summed E-state index contributed by atoms with van der Waals surface area (Å²) in [5.74, 6) is -4.76. The molecule has 0 aliphatic heterocycles. The lowest BCUT2D eigenvalue weighted by molar-refractivity contribution is -0.142. The first kappa shape index (κ1) is 27.9. The number of aromatic nitrogens is 2. The van der Waals surface area contributed by atoms with Gasteiger partial charge in [-0.1, -0.05) is 0 Å². The fraction of sp³-hybridized carbons (Fsp3) is 0.556. The first-order valence-corrected chi connectivity index (χ1v) is 10.5. The number of nitrogens with one attached hydrogen (secondary N) is 4. The number of hydrogen-bond donors (Lipinski definition) is 9. The summed E-state index contributed by atoms with van der Waals surface area (Å²) >= 11 is 4.02. The molecule has 10 N–H and O–H groups in total. The molecule has 5 unspecified atom stereocenters. The zero-order chi connectivity index (χ0) is 25.1. The number of aliphatic hydroxyl groups is 1. The van der Waals surface area contributed by atoms with Gasteiger partial charge in [-0.05, 0) is 13.3 Å². The lowest BCUT2D eigenvalue weighted by Gasteiger charge is -2.24. The van der Waals surface area contributed by atoms with Gasteiger partial charge in [0.1, 0.15) is 24.2 Å². The fourth-order valence-corrected chi connectivity index (χ4v) is 2.85. The number of primary amides is 1. The van der Waals surface area contributed by atoms with E-state index in [4.69, 9.17) is 11.5 Å². The largest absolute Gasteiger partial charge is 0.480 e. The van der Waals surface area contributed by atoms with Crippen LogP contribution in [0.3, 0.4) is 0 Å². The van der Waals surface area contributed by atoms with Crippen molar-refractivity contribution in [2.75, 3.05) is 5.75 Å². The first-order valence-electron chi connectivity index (χ1n) is 9.90. The molecule has 0 saturated heterocycles. The molecule has 0 saturated carbocycles. The SMILES string of the molecule is CC(O)C(N)C(=O)NC(CCC(N)=O)C(=O)NC(CS)C(=O)NC(Cc1cnc[nH]1)C(=O)O. The number of H-pyrrole nitrogens is 1. The molecule has 0 aliphatic rings. The van der Waals surface area contributed by atoms with Crippen molar-refractivity contribution in [3.05, 3.63) is 18.2 Å². The summed E-state index contributed by atoms with van der Waals surface area (Å²) < 4.78 is 0. The van der Waals surface area contributed by atoms with Crippen LogP contribution in [-0.2, 0) is 30.4 Å². The summed E-state index contributed by atoms with van der Waals surface area (Å²) in [6, 6.07) is -5.21. The van der Waals surface area contributed by atoms with Crippen molar-refractivity contribution in [2.45, 2.75) is 56.5 Å². The Labute approximate surface area is 194 Å². The highest BCUT2D eigenvalue weighted by atomic mass is 32.1. The maximum Gasteiger partial charge on any atom is 0.326 e. The summed E-state index contributed by atoms with van der Waals surface area (Å²) in [5.41, 5.74) is 11.1. The monoisotopic (exact) mass is 487 g/mol. The van der Waals surface area contributed by atoms with Crippen LogP contribution >= 0.6 is 12.6 Å². The molecule has 5 atom stereocenters. The standard InChI is InChI=1S/C18H29N7O7S/c1-8(26)14(20)17(30)23-10(2-3-13(19)27)15(28)25-12(6-33)16(29)24-11(18(31)32)4-9-5-21-7-22-9/h5,7-8,10-12,14,26,33H,2-4,6,20H2,1H3,(H2,19,27)(H,21,22)(H,23,30)(H,24,29)(H,25,28)(H,31,32). The molecular formula is C18H29N7O7S. The van der Waals surface area contributed by atoms with E-state index < -0.39 is 59.9 Å². The van der Waals surface area contributed by atoms with E-state index in [0.717, 1.165) is 0 Å². The smallest absolute Gasteiger partial charge is 0.326 e. The number of thiol groups is 1. The average Bonchev–Trinajstić information content (AvgIpc) is 3.26. The van der Waals surface area contributed by atoms with Gasteiger partial charge in [0.15, 0.2) is 0 Å². The van der Waals surface area contributed by atoms with Gasteiger partial charge in [-0.2, -0.15) is 12.6 Å². The molecule has 1 aromatic heterocycles. The Kier molecular flexibility index (Phi) is 11.3. The predicted octanol–water partition coefficient (Wildman–Crippen LogP) is -3.61. The number of amides is 4. The Bertz CT molecular complexity index is 834. The van der Waals surface area contributed by atoms with Gasteiger partial charge in [0, 0.05) is 30.5 Å². The number of carboxylic acid groups (broad SMARTS) is 1. The van der Waals surface area contributed by atoms with Gasteiger partial charge in [-0.15, -0.1) is 0 Å². The second-order valence-corrected chi connectivity index (χ2v) is 7.62. The van der Waals surface area contributed by atoms with Gasteiger partial charge >= 0.3 is 5.97 Å². The number of carboxylic acids is 1. The number of aromatic amines is 1. The van der Waals surface area contributed by atoms with Crippen molar-refractivity contribution >= 4 is 42.2 Å². The molecule has 0 bridgehead atoms. The van der Waals surface area contributed by atoms with Crippen LogP contribution in [0.2, 0.25) is 0 Å². The molecule has 0 aromatic carbocycles. The molecule has 184 valence electrons. The van der Waals surface area contributed by atoms with Gasteiger partial charge in [0.2, 0.25) is 23.6 Å². The minimum absolute atomic E-state index is 0.0805. The van der Waals surface area contributed by atoms with Crippen molar-refractivity contribution in [3.63, 3.8) is 0 Å². The molecule has 0 radical (unpaired) electrons. The number of imidazole rings is 1. The molecule has 0 spiro atoms. The average molecular weight is 488 g/mol. The number of nitrogens with two attached hydrogens (primary N) is 2. The Morgan fingerprint density at radius 1 is 1.09 bits per heavy atom. The zero-order valence-corrected chi connectivity index (χ0v) is 18.7. The van der Waals surface area contributed by atoms with E-state index >= 15 is 0 Å². The summed E-state index contributed by atoms with van der Waals surface area (Å²) in [6.07, 6.45) is 1.02. The van der Waals surface area contributed by atoms with Crippen molar-refractivity contribution in [1.82, 2.24) is 25.9 Å². The van der Waals surface area contributed by atoms with Crippen molar-refractivity contribution < 1.29 is 34.2 Å². The Morgan fingerprint density at radius 2 is 1.67 bits per heavy atom. The lowest BCUT2D eigenvalue weighted by Crippen LogP contribution is -2.58. The van der Waals surface area contributed by atoms with Gasteiger partial charge in [-0.3, -0.25) is 19.2 Å². The summed E-state index contributed by atoms with van der Waals surface area (Å²) in [7, 11) is 0. The quantitative estimate of drug-likeness (QED) is 0.117. The second-order valence-electron chi connectivity index (χ2n) is 7.26. The summed E-state index contributed by atoms with van der Waals surface area (Å²) in [6.45, 7) is 1.28. The van der Waals surface area contributed by atoms with Crippen LogP contribution in [0.4, 0.5) is 0 Å². The Balaban J connectivity index is 2.87. The highest BCUT2D eigenvalue weighted by Gasteiger charge is 2.30. The van der Waals surface area contributed by atoms with Crippen molar-refractivity contribution in [2.24, 2.45) is 11.5 Å². The van der Waals surface area contributed by atoms with E-state index in [1.165, 1.54) is 19.4 Å². The topological polar surface area (TPSA) is 243 Å². The predicted molar refractivity (Wildman–Crippen MR) is 118 cm³/mol. The molecule has 15 heteroatoms. The minimum atomic E-state index is -1.34. The van der Waals surface area contributed by atoms with E-state index in [-0.39, 0.29) is 25.0 Å². The van der Waals surface area contributed by atoms with Crippen molar-refractivity contribution in [1.29, 1.82) is 0 Å². The van der Waals surface area contributed by atoms with Crippen LogP contribution in [0.5, 0.6) is 0 Å². The Hall–Kier alpha value is -3.17. The maximum atomic E-state index is 12.7. The molecule has 1 heterocycles. The number of rotatable bonds is 14. The number of hydrogen-bond acceptors (Lipinski definition) is 9. The van der Waals surface area contributed by atoms with Gasteiger partial charge in [0.25, 0.3) is 0 Å². The van der Waals surface area contributed by atoms with Gasteiger partial charge in [0.05, 0.1) is 12.4 Å². The fourth-order valence-electron chi connectivity index (χ4n) is 2.60. The van der Waals surface area contributed by atoms with E-state index in [2.05, 4.69) is 38.5 Å². The summed E-state index contributed by atoms with van der Waals surface area (Å²) in [5, 5.41) is 25.8. The third-order valence-corrected chi connectivity index (χ3v) is 4.91. The number of aliphatic carboxylic acids is 1. The normalized spacial score (nSPS) is 15.4. The second kappa shape index (κ2) is 13.4. The molecule has 0 fully saturated rings. The van der Waals surface area contributed by atoms with Crippen LogP contribution in [-0.4, -0.2) is 85.8 Å². The third-order valence-electron chi connectivity index (χ3n) is 4.54. The first-order chi connectivity index (χ1) is 15.5. The zero-order valence-electron chi connectivity index (χ0n) is 17.9. The highest BCUT2D eigenvalue weighted by Crippen LogP contribution is 2.03. The van der Waals surface area contributed by atoms with Crippen LogP contribution < -0.4 is 27.4 Å². The molecule has 14 nitrogen and oxygen atoms in total. The van der Waals surface area contributed by atoms with E-state index in [1.54, 1.807) is 0 Å². The highest BCUT2D eigenvalue weighted by molar-refractivity contribution is 7.80. The maximum absolute atomic E-state index is 12.7. The van der Waals surface area contributed by atoms with Crippen LogP contribution in [0.1, 0.15) is 25.5 Å². The molecule has 4 amide bonds. The molecule has 0 aliphatic carbocycles. The lowest BCUT2D eigenvalue weighted by atomic mass is 10.1.